The number of pyridine rings is 1. The number of H-pyrrole nitrogens is 1. The molecule has 0 bridgehead atoms. The number of nitrogens with one attached hydrogen (secondary N) is 2. The van der Waals surface area contributed by atoms with E-state index in [0.29, 0.717) is 11.1 Å². The number of hydrogen-bond acceptors (Lipinski definition) is 3. The third-order valence-electron chi connectivity index (χ3n) is 4.06. The molecule has 1 unspecified atom stereocenters. The standard InChI is InChI=1S/C16H19N3O2.ClH/c1-17-10-11-5-4-8-19(11)16(21)13-9-15(20)18-14-7-3-2-6-12(13)14;/h2-3,6-7,9,11,17H,4-5,8,10H2,1H3,(H,18,20);1H. The van der Waals surface area contributed by atoms with Crippen molar-refractivity contribution in [1.29, 1.82) is 0 Å². The number of para-hydroxylation sites is 1. The van der Waals surface area contributed by atoms with Gasteiger partial charge in [-0.1, -0.05) is 18.2 Å². The highest BCUT2D eigenvalue weighted by Gasteiger charge is 2.29. The van der Waals surface area contributed by atoms with Crippen LogP contribution in [0.2, 0.25) is 0 Å². The van der Waals surface area contributed by atoms with Gasteiger partial charge in [0.1, 0.15) is 0 Å². The highest BCUT2D eigenvalue weighted by atomic mass is 35.5. The molecule has 1 aliphatic heterocycles. The molecule has 1 aromatic heterocycles. The van der Waals surface area contributed by atoms with Crippen molar-refractivity contribution >= 4 is 29.2 Å². The van der Waals surface area contributed by atoms with Gasteiger partial charge in [-0.3, -0.25) is 9.59 Å². The number of likely N-dealkylation sites (tertiary alicyclic amines) is 1. The maximum Gasteiger partial charge on any atom is 0.255 e. The Kier molecular flexibility index (Phi) is 5.21. The largest absolute Gasteiger partial charge is 0.334 e. The van der Waals surface area contributed by atoms with Crippen molar-refractivity contribution in [2.24, 2.45) is 0 Å². The Labute approximate surface area is 135 Å². The number of aromatic amines is 1. The summed E-state index contributed by atoms with van der Waals surface area (Å²) in [6.45, 7) is 1.54. The molecule has 118 valence electrons. The van der Waals surface area contributed by atoms with Crippen LogP contribution in [0.25, 0.3) is 10.9 Å². The summed E-state index contributed by atoms with van der Waals surface area (Å²) in [7, 11) is 1.89. The van der Waals surface area contributed by atoms with E-state index in [9.17, 15) is 9.59 Å². The molecule has 1 aromatic carbocycles. The predicted molar refractivity (Wildman–Crippen MR) is 89.8 cm³/mol. The van der Waals surface area contributed by atoms with E-state index in [2.05, 4.69) is 10.3 Å². The zero-order chi connectivity index (χ0) is 14.8. The van der Waals surface area contributed by atoms with Crippen molar-refractivity contribution in [1.82, 2.24) is 15.2 Å². The van der Waals surface area contributed by atoms with Crippen LogP contribution >= 0.6 is 12.4 Å². The van der Waals surface area contributed by atoms with Crippen molar-refractivity contribution in [3.05, 3.63) is 46.2 Å². The van der Waals surface area contributed by atoms with Crippen molar-refractivity contribution < 1.29 is 4.79 Å². The van der Waals surface area contributed by atoms with E-state index in [0.717, 1.165) is 31.3 Å². The van der Waals surface area contributed by atoms with Crippen LogP contribution in [0, 0.1) is 0 Å². The molecular weight excluding hydrogens is 302 g/mol. The summed E-state index contributed by atoms with van der Waals surface area (Å²) in [6.07, 6.45) is 2.02. The lowest BCUT2D eigenvalue weighted by molar-refractivity contribution is 0.0739. The second kappa shape index (κ2) is 6.94. The van der Waals surface area contributed by atoms with Gasteiger partial charge in [-0.25, -0.2) is 0 Å². The molecule has 1 amide bonds. The number of halogens is 1. The van der Waals surface area contributed by atoms with E-state index in [1.54, 1.807) is 0 Å². The molecular formula is C16H20ClN3O2. The summed E-state index contributed by atoms with van der Waals surface area (Å²) in [5.74, 6) is -0.0462. The number of rotatable bonds is 3. The van der Waals surface area contributed by atoms with Gasteiger partial charge in [0.25, 0.3) is 5.91 Å². The lowest BCUT2D eigenvalue weighted by atomic mass is 10.1. The number of nitrogens with zero attached hydrogens (tertiary/aromatic N) is 1. The minimum Gasteiger partial charge on any atom is -0.334 e. The molecule has 1 saturated heterocycles. The number of carbonyl (C=O) groups excluding carboxylic acids is 1. The number of aromatic nitrogens is 1. The Morgan fingerprint density at radius 1 is 1.41 bits per heavy atom. The quantitative estimate of drug-likeness (QED) is 0.905. The van der Waals surface area contributed by atoms with Crippen molar-refractivity contribution in [2.75, 3.05) is 20.1 Å². The highest BCUT2D eigenvalue weighted by molar-refractivity contribution is 6.06. The van der Waals surface area contributed by atoms with Crippen LogP contribution in [-0.4, -0.2) is 42.0 Å². The molecule has 6 heteroatoms. The summed E-state index contributed by atoms with van der Waals surface area (Å²) >= 11 is 0. The van der Waals surface area contributed by atoms with Gasteiger partial charge < -0.3 is 15.2 Å². The van der Waals surface area contributed by atoms with Crippen molar-refractivity contribution in [2.45, 2.75) is 18.9 Å². The molecule has 22 heavy (non-hydrogen) atoms. The van der Waals surface area contributed by atoms with Crippen molar-refractivity contribution in [3.63, 3.8) is 0 Å². The number of carbonyl (C=O) groups is 1. The van der Waals surface area contributed by atoms with Crippen LogP contribution in [-0.2, 0) is 0 Å². The van der Waals surface area contributed by atoms with Crippen LogP contribution in [0.1, 0.15) is 23.2 Å². The molecule has 2 aromatic rings. The predicted octanol–water partition coefficient (Wildman–Crippen LogP) is 1.77. The van der Waals surface area contributed by atoms with Gasteiger partial charge >= 0.3 is 0 Å². The second-order valence-electron chi connectivity index (χ2n) is 5.45. The lowest BCUT2D eigenvalue weighted by Gasteiger charge is -2.25. The first kappa shape index (κ1) is 16.5. The van der Waals surface area contributed by atoms with Gasteiger partial charge in [-0.05, 0) is 26.0 Å². The van der Waals surface area contributed by atoms with Gasteiger partial charge in [0, 0.05) is 36.1 Å². The molecule has 0 aliphatic carbocycles. The average Bonchev–Trinajstić information content (AvgIpc) is 2.94. The maximum absolute atomic E-state index is 12.8. The number of hydrogen-bond donors (Lipinski definition) is 2. The lowest BCUT2D eigenvalue weighted by Crippen LogP contribution is -2.41. The normalized spacial score (nSPS) is 17.5. The maximum atomic E-state index is 12.8. The number of amides is 1. The zero-order valence-electron chi connectivity index (χ0n) is 12.5. The fourth-order valence-electron chi connectivity index (χ4n) is 3.09. The van der Waals surface area contributed by atoms with Crippen molar-refractivity contribution in [3.8, 4) is 0 Å². The van der Waals surface area contributed by atoms with E-state index in [1.807, 2.05) is 36.2 Å². The van der Waals surface area contributed by atoms with Crippen LogP contribution in [0.4, 0.5) is 0 Å². The van der Waals surface area contributed by atoms with E-state index in [4.69, 9.17) is 0 Å². The van der Waals surface area contributed by atoms with Gasteiger partial charge in [0.2, 0.25) is 5.56 Å². The first-order valence-corrected chi connectivity index (χ1v) is 7.28. The average molecular weight is 322 g/mol. The Morgan fingerprint density at radius 3 is 2.95 bits per heavy atom. The van der Waals surface area contributed by atoms with Crippen LogP contribution in [0.3, 0.4) is 0 Å². The Balaban J connectivity index is 0.00000176. The molecule has 5 nitrogen and oxygen atoms in total. The van der Waals surface area contributed by atoms with E-state index >= 15 is 0 Å². The van der Waals surface area contributed by atoms with E-state index < -0.39 is 0 Å². The minimum atomic E-state index is -0.235. The highest BCUT2D eigenvalue weighted by Crippen LogP contribution is 2.22. The fraction of sp³-hybridized carbons (Fsp3) is 0.375. The zero-order valence-corrected chi connectivity index (χ0v) is 13.3. The molecule has 1 fully saturated rings. The molecule has 0 saturated carbocycles. The summed E-state index contributed by atoms with van der Waals surface area (Å²) in [5, 5.41) is 3.94. The van der Waals surface area contributed by atoms with Gasteiger partial charge in [-0.2, -0.15) is 0 Å². The molecule has 1 atom stereocenters. The summed E-state index contributed by atoms with van der Waals surface area (Å²) in [4.78, 5) is 29.3. The van der Waals surface area contributed by atoms with Gasteiger partial charge in [0.15, 0.2) is 0 Å². The summed E-state index contributed by atoms with van der Waals surface area (Å²) < 4.78 is 0. The number of fused-ring (bicyclic) bond motifs is 1. The van der Waals surface area contributed by atoms with Crippen LogP contribution in [0.5, 0.6) is 0 Å². The van der Waals surface area contributed by atoms with Gasteiger partial charge in [0.05, 0.1) is 5.56 Å². The first-order valence-electron chi connectivity index (χ1n) is 7.28. The Hall–Kier alpha value is -1.85. The SMILES string of the molecule is CNCC1CCCN1C(=O)c1cc(=O)[nH]c2ccccc12.Cl. The smallest absolute Gasteiger partial charge is 0.255 e. The third kappa shape index (κ3) is 3.00. The van der Waals surface area contributed by atoms with Crippen LogP contribution < -0.4 is 10.9 Å². The number of likely N-dealkylation sites (N-methyl/N-ethyl adjacent to an activating group) is 1. The van der Waals surface area contributed by atoms with Crippen LogP contribution in [0.15, 0.2) is 35.1 Å². The molecule has 3 rings (SSSR count). The summed E-state index contributed by atoms with van der Waals surface area (Å²) in [5.41, 5.74) is 0.969. The molecule has 0 spiro atoms. The topological polar surface area (TPSA) is 65.2 Å². The van der Waals surface area contributed by atoms with E-state index in [1.165, 1.54) is 6.07 Å². The molecule has 2 N–H and O–H groups in total. The van der Waals surface area contributed by atoms with Gasteiger partial charge in [-0.15, -0.1) is 12.4 Å². The van der Waals surface area contributed by atoms with E-state index in [-0.39, 0.29) is 29.9 Å². The molecule has 0 radical (unpaired) electrons. The summed E-state index contributed by atoms with van der Waals surface area (Å²) in [6, 6.07) is 9.06. The minimum absolute atomic E-state index is 0. The molecule has 2 heterocycles. The fourth-order valence-corrected chi connectivity index (χ4v) is 3.09. The first-order chi connectivity index (χ1) is 10.2. The Morgan fingerprint density at radius 2 is 2.18 bits per heavy atom. The monoisotopic (exact) mass is 321 g/mol. The second-order valence-corrected chi connectivity index (χ2v) is 5.45. The Bertz CT molecular complexity index is 729. The molecule has 1 aliphatic rings. The number of benzene rings is 1. The third-order valence-corrected chi connectivity index (χ3v) is 4.06.